The van der Waals surface area contributed by atoms with Crippen LogP contribution >= 0.6 is 0 Å². The number of fused-ring (bicyclic) bond motifs is 2. The van der Waals surface area contributed by atoms with Gasteiger partial charge in [0.25, 0.3) is 0 Å². The first-order chi connectivity index (χ1) is 11.3. The molecule has 2 saturated carbocycles. The summed E-state index contributed by atoms with van der Waals surface area (Å²) < 4.78 is 0. The monoisotopic (exact) mass is 338 g/mol. The van der Waals surface area contributed by atoms with Crippen molar-refractivity contribution in [3.05, 3.63) is 53.8 Å². The summed E-state index contributed by atoms with van der Waals surface area (Å²) in [5, 5.41) is 1.57. The fourth-order valence-corrected chi connectivity index (χ4v) is 7.60. The van der Waals surface area contributed by atoms with Crippen LogP contribution in [0.4, 0.5) is 0 Å². The van der Waals surface area contributed by atoms with Gasteiger partial charge < -0.3 is 0 Å². The first kappa shape index (κ1) is 17.7. The van der Waals surface area contributed by atoms with Crippen molar-refractivity contribution < 1.29 is 0 Å². The van der Waals surface area contributed by atoms with E-state index in [1.165, 1.54) is 25.7 Å². The van der Waals surface area contributed by atoms with Gasteiger partial charge in [0, 0.05) is 0 Å². The molecule has 3 unspecified atom stereocenters. The van der Waals surface area contributed by atoms with Gasteiger partial charge in [0.2, 0.25) is 0 Å². The maximum Gasteiger partial charge on any atom is 0.104 e. The first-order valence-electron chi connectivity index (χ1n) is 9.78. The minimum Gasteiger partial charge on any atom is -0.0902 e. The molecule has 0 amide bonds. The Kier molecular flexibility index (Phi) is 4.93. The Morgan fingerprint density at radius 2 is 1.88 bits per heavy atom. The van der Waals surface area contributed by atoms with Crippen molar-refractivity contribution in [2.24, 2.45) is 23.2 Å². The molecule has 24 heavy (non-hydrogen) atoms. The van der Waals surface area contributed by atoms with Crippen LogP contribution in [0.25, 0.3) is 0 Å². The van der Waals surface area contributed by atoms with Gasteiger partial charge in [0.1, 0.15) is 8.07 Å². The number of hydrogen-bond donors (Lipinski definition) is 0. The van der Waals surface area contributed by atoms with Crippen LogP contribution in [0.3, 0.4) is 0 Å². The molecule has 1 heteroatoms. The number of hydrogen-bond acceptors (Lipinski definition) is 0. The lowest BCUT2D eigenvalue weighted by Crippen LogP contribution is -2.41. The minimum atomic E-state index is -1.52. The van der Waals surface area contributed by atoms with Gasteiger partial charge in [-0.15, -0.1) is 0 Å². The van der Waals surface area contributed by atoms with Gasteiger partial charge in [-0.2, -0.15) is 0 Å². The van der Waals surface area contributed by atoms with Gasteiger partial charge in [0.05, 0.1) is 0 Å². The smallest absolute Gasteiger partial charge is 0.0902 e. The zero-order valence-electron chi connectivity index (χ0n) is 16.2. The summed E-state index contributed by atoms with van der Waals surface area (Å²) in [5.74, 6) is 2.43. The highest BCUT2D eigenvalue weighted by molar-refractivity contribution is 6.94. The van der Waals surface area contributed by atoms with E-state index < -0.39 is 8.07 Å². The standard InChI is InChI=1S/C23H34Si/c1-18(2)10-9-15-23(3)20-14-13-19(16-20)22(23)17-24(4,5)21-11-7-6-8-12-21/h6-12,17-20H,13-16H2,1-5H3/b10-9+,22-17?. The first-order valence-corrected chi connectivity index (χ1v) is 12.9. The molecule has 0 saturated heterocycles. The van der Waals surface area contributed by atoms with Gasteiger partial charge in [-0.05, 0) is 48.9 Å². The molecule has 0 radical (unpaired) electrons. The van der Waals surface area contributed by atoms with Crippen LogP contribution in [0, 0.1) is 23.2 Å². The lowest BCUT2D eigenvalue weighted by atomic mass is 9.69. The van der Waals surface area contributed by atoms with Crippen LogP contribution in [0.5, 0.6) is 0 Å². The van der Waals surface area contributed by atoms with Gasteiger partial charge in [-0.25, -0.2) is 0 Å². The minimum absolute atomic E-state index is 0.410. The van der Waals surface area contributed by atoms with E-state index in [9.17, 15) is 0 Å². The fourth-order valence-electron chi connectivity index (χ4n) is 5.04. The molecule has 2 fully saturated rings. The van der Waals surface area contributed by atoms with Crippen LogP contribution in [0.2, 0.25) is 13.1 Å². The summed E-state index contributed by atoms with van der Waals surface area (Å²) in [7, 11) is -1.52. The third kappa shape index (κ3) is 3.33. The largest absolute Gasteiger partial charge is 0.104 e. The highest BCUT2D eigenvalue weighted by Gasteiger charge is 2.51. The van der Waals surface area contributed by atoms with Crippen molar-refractivity contribution >= 4 is 13.3 Å². The maximum absolute atomic E-state index is 2.77. The number of rotatable bonds is 5. The van der Waals surface area contributed by atoms with Crippen LogP contribution in [-0.4, -0.2) is 8.07 Å². The molecule has 1 aromatic carbocycles. The number of allylic oxidation sites excluding steroid dienone is 3. The maximum atomic E-state index is 2.77. The topological polar surface area (TPSA) is 0 Å². The highest BCUT2D eigenvalue weighted by Crippen LogP contribution is 2.61. The van der Waals surface area contributed by atoms with Gasteiger partial charge in [0.15, 0.2) is 0 Å². The Hall–Kier alpha value is -1.08. The second-order valence-electron chi connectivity index (χ2n) is 9.19. The third-order valence-corrected chi connectivity index (χ3v) is 9.38. The summed E-state index contributed by atoms with van der Waals surface area (Å²) in [4.78, 5) is 0. The summed E-state index contributed by atoms with van der Waals surface area (Å²) in [6, 6.07) is 11.2. The predicted molar refractivity (Wildman–Crippen MR) is 109 cm³/mol. The third-order valence-electron chi connectivity index (χ3n) is 6.53. The molecule has 130 valence electrons. The molecule has 1 aromatic rings. The Balaban J connectivity index is 1.92. The van der Waals surface area contributed by atoms with E-state index in [0.29, 0.717) is 11.3 Å². The quantitative estimate of drug-likeness (QED) is 0.449. The number of benzene rings is 1. The van der Waals surface area contributed by atoms with Crippen molar-refractivity contribution in [1.82, 2.24) is 0 Å². The summed E-state index contributed by atoms with van der Waals surface area (Å²) in [6.07, 6.45) is 10.4. The predicted octanol–water partition coefficient (Wildman–Crippen LogP) is 6.11. The fraction of sp³-hybridized carbons (Fsp3) is 0.565. The lowest BCUT2D eigenvalue weighted by Gasteiger charge is -2.38. The van der Waals surface area contributed by atoms with Crippen LogP contribution in [0.15, 0.2) is 53.8 Å². The Morgan fingerprint density at radius 3 is 2.54 bits per heavy atom. The Morgan fingerprint density at radius 1 is 1.17 bits per heavy atom. The van der Waals surface area contributed by atoms with Crippen LogP contribution in [-0.2, 0) is 0 Å². The summed E-state index contributed by atoms with van der Waals surface area (Å²) in [6.45, 7) is 12.2. The molecule has 0 N–H and O–H groups in total. The molecule has 0 heterocycles. The average molecular weight is 339 g/mol. The zero-order valence-corrected chi connectivity index (χ0v) is 17.2. The second-order valence-corrected chi connectivity index (χ2v) is 13.5. The average Bonchev–Trinajstić information content (AvgIpc) is 3.10. The normalized spacial score (nSPS) is 31.7. The van der Waals surface area contributed by atoms with E-state index in [1.54, 1.807) is 5.19 Å². The van der Waals surface area contributed by atoms with E-state index in [4.69, 9.17) is 0 Å². The van der Waals surface area contributed by atoms with E-state index in [2.05, 4.69) is 82.0 Å². The molecule has 0 spiro atoms. The van der Waals surface area contributed by atoms with Crippen molar-refractivity contribution in [3.8, 4) is 0 Å². The molecule has 0 nitrogen and oxygen atoms in total. The second kappa shape index (κ2) is 6.67. The van der Waals surface area contributed by atoms with Crippen molar-refractivity contribution in [3.63, 3.8) is 0 Å². The van der Waals surface area contributed by atoms with Crippen LogP contribution in [0.1, 0.15) is 46.5 Å². The van der Waals surface area contributed by atoms with E-state index in [0.717, 1.165) is 11.8 Å². The molecule has 2 bridgehead atoms. The summed E-state index contributed by atoms with van der Waals surface area (Å²) in [5.41, 5.74) is 5.00. The molecule has 0 aliphatic heterocycles. The molecule has 2 aliphatic carbocycles. The molecular formula is C23H34Si. The van der Waals surface area contributed by atoms with Crippen LogP contribution < -0.4 is 5.19 Å². The van der Waals surface area contributed by atoms with Gasteiger partial charge >= 0.3 is 0 Å². The Labute approximate surface area is 150 Å². The van der Waals surface area contributed by atoms with Crippen molar-refractivity contribution in [1.29, 1.82) is 0 Å². The molecule has 0 aromatic heterocycles. The molecule has 2 aliphatic rings. The Bertz CT molecular complexity index is 623. The van der Waals surface area contributed by atoms with E-state index in [1.807, 2.05) is 5.57 Å². The van der Waals surface area contributed by atoms with Gasteiger partial charge in [-0.1, -0.05) is 92.8 Å². The SMILES string of the molecule is CC(C)/C=C/CC1(C)C(=C[Si](C)(C)c2ccccc2)C2CCC1C2. The lowest BCUT2D eigenvalue weighted by molar-refractivity contribution is 0.260. The van der Waals surface area contributed by atoms with Gasteiger partial charge in [-0.3, -0.25) is 0 Å². The zero-order chi connectivity index (χ0) is 17.4. The molecular weight excluding hydrogens is 304 g/mol. The highest BCUT2D eigenvalue weighted by atomic mass is 28.3. The van der Waals surface area contributed by atoms with E-state index in [-0.39, 0.29) is 0 Å². The van der Waals surface area contributed by atoms with E-state index >= 15 is 0 Å². The van der Waals surface area contributed by atoms with Crippen molar-refractivity contribution in [2.75, 3.05) is 0 Å². The van der Waals surface area contributed by atoms with Crippen molar-refractivity contribution in [2.45, 2.75) is 59.5 Å². The molecule has 3 rings (SSSR count). The summed E-state index contributed by atoms with van der Waals surface area (Å²) >= 11 is 0. The molecule has 3 atom stereocenters.